The molecule has 4 saturated carbocycles. The molecule has 4 aliphatic carbocycles. The van der Waals surface area contributed by atoms with Gasteiger partial charge in [-0.1, -0.05) is 20.8 Å². The number of aliphatic hydroxyl groups excluding tert-OH is 1. The van der Waals surface area contributed by atoms with Crippen LogP contribution in [0.1, 0.15) is 85.0 Å². The smallest absolute Gasteiger partial charge is 0.245 e. The second kappa shape index (κ2) is 8.44. The number of hydrogen-bond donors (Lipinski definition) is 1. The number of nitrogens with zero attached hydrogens (tertiary/aromatic N) is 1. The van der Waals surface area contributed by atoms with Gasteiger partial charge in [0.2, 0.25) is 5.91 Å². The lowest BCUT2D eigenvalue weighted by atomic mass is 9.44. The fraction of sp³-hybridized carbons (Fsp3) is 0.923. The van der Waals surface area contributed by atoms with Crippen LogP contribution in [-0.2, 0) is 14.4 Å². The number of rotatable bonds is 5. The molecule has 0 radical (unpaired) electrons. The molecular formula is C26H43NO4. The fourth-order valence-corrected chi connectivity index (χ4v) is 8.89. The van der Waals surface area contributed by atoms with E-state index in [2.05, 4.69) is 20.8 Å². The van der Waals surface area contributed by atoms with E-state index in [1.807, 2.05) is 0 Å². The first-order valence-electron chi connectivity index (χ1n) is 12.6. The highest BCUT2D eigenvalue weighted by Crippen LogP contribution is 2.68. The molecule has 4 fully saturated rings. The van der Waals surface area contributed by atoms with Gasteiger partial charge in [-0.2, -0.15) is 0 Å². The first kappa shape index (κ1) is 23.2. The van der Waals surface area contributed by atoms with Crippen molar-refractivity contribution in [2.45, 2.75) is 91.1 Å². The van der Waals surface area contributed by atoms with Crippen LogP contribution in [0.4, 0.5) is 0 Å². The van der Waals surface area contributed by atoms with E-state index in [0.29, 0.717) is 54.3 Å². The highest BCUT2D eigenvalue weighted by molar-refractivity contribution is 5.80. The first-order valence-corrected chi connectivity index (χ1v) is 12.6. The summed E-state index contributed by atoms with van der Waals surface area (Å²) in [6.45, 7) is 7.18. The molecule has 31 heavy (non-hydrogen) atoms. The van der Waals surface area contributed by atoms with Crippen molar-refractivity contribution in [3.8, 4) is 0 Å². The van der Waals surface area contributed by atoms with E-state index in [0.717, 1.165) is 18.8 Å². The summed E-state index contributed by atoms with van der Waals surface area (Å²) in [5.74, 6) is 3.85. The van der Waals surface area contributed by atoms with Gasteiger partial charge < -0.3 is 5.11 Å². The van der Waals surface area contributed by atoms with Gasteiger partial charge in [0.05, 0.1) is 13.2 Å². The number of aliphatic hydroxyl groups is 1. The summed E-state index contributed by atoms with van der Waals surface area (Å²) in [5.41, 5.74) is 0.258. The van der Waals surface area contributed by atoms with Crippen molar-refractivity contribution in [2.24, 2.45) is 46.3 Å². The SMILES string of the molecule is CON(C)C(=O)CC[C@@H](C)[C@H]1CC[C@H]2[C@@H]3CC[C@H]4CC(=O)C[C@H](O)[C@]4(C)[C@H]3CC[C@]12C. The number of Topliss-reactive ketones (excluding diaryl/α,β-unsaturated/α-hetero) is 1. The topological polar surface area (TPSA) is 66.8 Å². The highest BCUT2D eigenvalue weighted by Gasteiger charge is 2.62. The molecule has 176 valence electrons. The first-order chi connectivity index (χ1) is 14.6. The molecular weight excluding hydrogens is 390 g/mol. The maximum atomic E-state index is 12.2. The Morgan fingerprint density at radius 1 is 1.16 bits per heavy atom. The third-order valence-corrected chi connectivity index (χ3v) is 10.8. The second-order valence-corrected chi connectivity index (χ2v) is 11.8. The molecule has 0 bridgehead atoms. The van der Waals surface area contributed by atoms with Crippen LogP contribution in [0.25, 0.3) is 0 Å². The number of carbonyl (C=O) groups is 2. The maximum absolute atomic E-state index is 12.2. The van der Waals surface area contributed by atoms with E-state index in [1.54, 1.807) is 7.05 Å². The highest BCUT2D eigenvalue weighted by atomic mass is 16.7. The van der Waals surface area contributed by atoms with Gasteiger partial charge in [-0.15, -0.1) is 0 Å². The van der Waals surface area contributed by atoms with Crippen LogP contribution in [0, 0.1) is 46.3 Å². The number of hydroxylamine groups is 2. The van der Waals surface area contributed by atoms with Gasteiger partial charge >= 0.3 is 0 Å². The lowest BCUT2D eigenvalue weighted by Crippen LogP contribution is -2.58. The molecule has 4 aliphatic rings. The van der Waals surface area contributed by atoms with Crippen LogP contribution in [0.2, 0.25) is 0 Å². The Balaban J connectivity index is 1.47. The van der Waals surface area contributed by atoms with Crippen molar-refractivity contribution in [2.75, 3.05) is 14.2 Å². The normalized spacial score (nSPS) is 45.4. The molecule has 1 N–H and O–H groups in total. The lowest BCUT2D eigenvalue weighted by molar-refractivity contribution is -0.172. The number of carbonyl (C=O) groups excluding carboxylic acids is 2. The summed E-state index contributed by atoms with van der Waals surface area (Å²) < 4.78 is 0. The molecule has 0 unspecified atom stereocenters. The Morgan fingerprint density at radius 3 is 2.61 bits per heavy atom. The molecule has 1 amide bonds. The number of amides is 1. The van der Waals surface area contributed by atoms with Gasteiger partial charge in [0.15, 0.2) is 0 Å². The van der Waals surface area contributed by atoms with Crippen molar-refractivity contribution < 1.29 is 19.5 Å². The van der Waals surface area contributed by atoms with Gasteiger partial charge in [0.25, 0.3) is 0 Å². The predicted molar refractivity (Wildman–Crippen MR) is 120 cm³/mol. The molecule has 5 nitrogen and oxygen atoms in total. The summed E-state index contributed by atoms with van der Waals surface area (Å²) in [4.78, 5) is 29.4. The molecule has 0 aromatic rings. The Hall–Kier alpha value is -0.940. The van der Waals surface area contributed by atoms with Gasteiger partial charge in [-0.25, -0.2) is 5.06 Å². The minimum Gasteiger partial charge on any atom is -0.392 e. The zero-order valence-electron chi connectivity index (χ0n) is 20.2. The third-order valence-electron chi connectivity index (χ3n) is 10.8. The van der Waals surface area contributed by atoms with Crippen LogP contribution in [0.3, 0.4) is 0 Å². The van der Waals surface area contributed by atoms with E-state index in [9.17, 15) is 14.7 Å². The van der Waals surface area contributed by atoms with Crippen molar-refractivity contribution in [3.63, 3.8) is 0 Å². The van der Waals surface area contributed by atoms with Gasteiger partial charge in [0, 0.05) is 31.7 Å². The lowest BCUT2D eigenvalue weighted by Gasteiger charge is -2.61. The molecule has 5 heteroatoms. The van der Waals surface area contributed by atoms with Gasteiger partial charge in [-0.05, 0) is 85.9 Å². The number of ketones is 1. The Labute approximate surface area is 188 Å². The van der Waals surface area contributed by atoms with Crippen molar-refractivity contribution in [1.82, 2.24) is 5.06 Å². The van der Waals surface area contributed by atoms with Crippen molar-refractivity contribution >= 4 is 11.7 Å². The summed E-state index contributed by atoms with van der Waals surface area (Å²) in [5, 5.41) is 12.4. The summed E-state index contributed by atoms with van der Waals surface area (Å²) >= 11 is 0. The number of hydrogen-bond acceptors (Lipinski definition) is 4. The molecule has 0 aromatic carbocycles. The Morgan fingerprint density at radius 2 is 1.90 bits per heavy atom. The van der Waals surface area contributed by atoms with Crippen LogP contribution >= 0.6 is 0 Å². The van der Waals surface area contributed by atoms with E-state index in [-0.39, 0.29) is 17.1 Å². The third kappa shape index (κ3) is 3.68. The molecule has 0 spiro atoms. The molecule has 0 heterocycles. The fourth-order valence-electron chi connectivity index (χ4n) is 8.89. The average Bonchev–Trinajstić information content (AvgIpc) is 3.09. The molecule has 4 rings (SSSR count). The maximum Gasteiger partial charge on any atom is 0.245 e. The minimum absolute atomic E-state index is 0.0600. The summed E-state index contributed by atoms with van der Waals surface area (Å²) in [6.07, 6.45) is 9.35. The van der Waals surface area contributed by atoms with Crippen LogP contribution < -0.4 is 0 Å². The van der Waals surface area contributed by atoms with Crippen LogP contribution in [0.5, 0.6) is 0 Å². The van der Waals surface area contributed by atoms with Gasteiger partial charge in [0.1, 0.15) is 5.78 Å². The van der Waals surface area contributed by atoms with E-state index in [4.69, 9.17) is 4.84 Å². The molecule has 0 aliphatic heterocycles. The van der Waals surface area contributed by atoms with Gasteiger partial charge in [-0.3, -0.25) is 14.4 Å². The largest absolute Gasteiger partial charge is 0.392 e. The molecule has 0 aromatic heterocycles. The van der Waals surface area contributed by atoms with E-state index < -0.39 is 6.10 Å². The average molecular weight is 434 g/mol. The monoisotopic (exact) mass is 433 g/mol. The van der Waals surface area contributed by atoms with E-state index >= 15 is 0 Å². The predicted octanol–water partition coefficient (Wildman–Crippen LogP) is 4.62. The van der Waals surface area contributed by atoms with E-state index in [1.165, 1.54) is 44.3 Å². The quantitative estimate of drug-likeness (QED) is 0.643. The molecule has 9 atom stereocenters. The van der Waals surface area contributed by atoms with Crippen molar-refractivity contribution in [1.29, 1.82) is 0 Å². The van der Waals surface area contributed by atoms with Crippen LogP contribution in [0.15, 0.2) is 0 Å². The zero-order valence-corrected chi connectivity index (χ0v) is 20.2. The summed E-state index contributed by atoms with van der Waals surface area (Å²) in [7, 11) is 3.22. The zero-order chi connectivity index (χ0) is 22.6. The molecule has 0 saturated heterocycles. The number of fused-ring (bicyclic) bond motifs is 5. The Kier molecular flexibility index (Phi) is 6.33. The second-order valence-electron chi connectivity index (χ2n) is 11.8. The standard InChI is InChI=1S/C26H43NO4/c1-16(6-11-24(30)27(4)31-5)20-9-10-21-19-8-7-17-14-18(28)15-23(29)26(17,3)22(19)12-13-25(20,21)2/h16-17,19-23,29H,6-15H2,1-5H3/t16-,17+,19+,20-,21+,22+,23+,25-,26+/m1/s1. The van der Waals surface area contributed by atoms with Crippen LogP contribution in [-0.4, -0.2) is 42.1 Å². The van der Waals surface area contributed by atoms with Crippen molar-refractivity contribution in [3.05, 3.63) is 0 Å². The Bertz CT molecular complexity index is 710. The minimum atomic E-state index is -0.462. The summed E-state index contributed by atoms with van der Waals surface area (Å²) in [6, 6.07) is 0.